The van der Waals surface area contributed by atoms with E-state index in [-0.39, 0.29) is 0 Å². The maximum Gasteiger partial charge on any atom is 0.434 e. The topological polar surface area (TPSA) is 12.9 Å². The first-order valence-corrected chi connectivity index (χ1v) is 3.65. The fourth-order valence-corrected chi connectivity index (χ4v) is 1.17. The molecule has 1 nitrogen and oxygen atoms in total. The summed E-state index contributed by atoms with van der Waals surface area (Å²) in [6.07, 6.45) is -3.50. The van der Waals surface area contributed by atoms with Crippen LogP contribution in [-0.4, -0.2) is 4.98 Å². The van der Waals surface area contributed by atoms with E-state index in [1.54, 1.807) is 0 Å². The minimum Gasteiger partial charge on any atom is -0.249 e. The summed E-state index contributed by atoms with van der Waals surface area (Å²) in [5.41, 5.74) is -1.08. The van der Waals surface area contributed by atoms with Gasteiger partial charge >= 0.3 is 6.18 Å². The second-order valence-corrected chi connectivity index (χ2v) is 2.95. The number of nitrogens with zero attached hydrogens (tertiary/aromatic N) is 1. The van der Waals surface area contributed by atoms with Crippen molar-refractivity contribution in [2.75, 3.05) is 0 Å². The molecule has 1 aromatic heterocycles. The number of pyridine rings is 1. The Morgan fingerprint density at radius 1 is 1.42 bits per heavy atom. The van der Waals surface area contributed by atoms with E-state index in [4.69, 9.17) is 11.6 Å². The first-order chi connectivity index (χ1) is 5.41. The van der Waals surface area contributed by atoms with Crippen molar-refractivity contribution in [2.24, 2.45) is 0 Å². The highest BCUT2D eigenvalue weighted by molar-refractivity contribution is 7.80. The maximum absolute atomic E-state index is 12.0. The van der Waals surface area contributed by atoms with Crippen molar-refractivity contribution in [3.63, 3.8) is 0 Å². The molecule has 6 heteroatoms. The third-order valence-electron chi connectivity index (χ3n) is 1.10. The predicted octanol–water partition coefficient (Wildman–Crippen LogP) is 3.04. The molecule has 0 N–H and O–H groups in total. The molecular weight excluding hydrogens is 211 g/mol. The second-order valence-electron chi connectivity index (χ2n) is 2.02. The van der Waals surface area contributed by atoms with E-state index in [1.807, 2.05) is 0 Å². The van der Waals surface area contributed by atoms with Crippen molar-refractivity contribution in [3.8, 4) is 0 Å². The molecule has 0 aliphatic rings. The van der Waals surface area contributed by atoms with Crippen LogP contribution in [-0.2, 0) is 6.18 Å². The van der Waals surface area contributed by atoms with Crippen LogP contribution in [0.4, 0.5) is 13.2 Å². The molecule has 1 heterocycles. The van der Waals surface area contributed by atoms with Gasteiger partial charge in [-0.1, -0.05) is 11.6 Å². The van der Waals surface area contributed by atoms with E-state index < -0.39 is 16.9 Å². The van der Waals surface area contributed by atoms with E-state index in [0.717, 1.165) is 12.3 Å². The summed E-state index contributed by atoms with van der Waals surface area (Å²) in [4.78, 5) is 3.41. The lowest BCUT2D eigenvalue weighted by atomic mass is 10.3. The summed E-state index contributed by atoms with van der Waals surface area (Å²) < 4.78 is 36.0. The summed E-state index contributed by atoms with van der Waals surface area (Å²) >= 11 is 9.07. The largest absolute Gasteiger partial charge is 0.434 e. The van der Waals surface area contributed by atoms with Crippen LogP contribution in [0.15, 0.2) is 17.2 Å². The molecule has 0 radical (unpaired) electrons. The van der Waals surface area contributed by atoms with Crippen LogP contribution in [0.25, 0.3) is 0 Å². The molecule has 1 aromatic rings. The van der Waals surface area contributed by atoms with Crippen molar-refractivity contribution in [3.05, 3.63) is 23.0 Å². The molecule has 0 saturated carbocycles. The van der Waals surface area contributed by atoms with Gasteiger partial charge < -0.3 is 0 Å². The molecule has 66 valence electrons. The van der Waals surface area contributed by atoms with E-state index in [1.165, 1.54) is 0 Å². The van der Waals surface area contributed by atoms with Crippen LogP contribution in [0.1, 0.15) is 5.69 Å². The zero-order valence-corrected chi connectivity index (χ0v) is 7.21. The van der Waals surface area contributed by atoms with Crippen LogP contribution < -0.4 is 0 Å². The zero-order valence-electron chi connectivity index (χ0n) is 5.56. The van der Waals surface area contributed by atoms with E-state index in [0.29, 0.717) is 4.90 Å². The third kappa shape index (κ3) is 2.04. The summed E-state index contributed by atoms with van der Waals surface area (Å²) in [5, 5.41) is -0.435. The molecule has 0 amide bonds. The molecule has 0 aromatic carbocycles. The van der Waals surface area contributed by atoms with Gasteiger partial charge in [0.2, 0.25) is 0 Å². The molecule has 0 unspecified atom stereocenters. The number of halogens is 4. The Morgan fingerprint density at radius 2 is 2.00 bits per heavy atom. The highest BCUT2D eigenvalue weighted by Gasteiger charge is 2.34. The van der Waals surface area contributed by atoms with E-state index in [2.05, 4.69) is 17.6 Å². The summed E-state index contributed by atoms with van der Waals surface area (Å²) in [7, 11) is 0. The van der Waals surface area contributed by atoms with Gasteiger partial charge in [0.1, 0.15) is 0 Å². The average Bonchev–Trinajstić information content (AvgIpc) is 1.83. The van der Waals surface area contributed by atoms with Crippen LogP contribution >= 0.6 is 24.2 Å². The molecule has 0 aliphatic heterocycles. The summed E-state index contributed by atoms with van der Waals surface area (Å²) in [6, 6.07) is 1.10. The van der Waals surface area contributed by atoms with Crippen molar-refractivity contribution in [2.45, 2.75) is 11.1 Å². The van der Waals surface area contributed by atoms with Gasteiger partial charge in [0.25, 0.3) is 0 Å². The molecule has 0 fully saturated rings. The number of rotatable bonds is 0. The normalized spacial score (nSPS) is 11.8. The van der Waals surface area contributed by atoms with Gasteiger partial charge in [-0.05, 0) is 6.07 Å². The second kappa shape index (κ2) is 3.14. The third-order valence-corrected chi connectivity index (χ3v) is 1.63. The van der Waals surface area contributed by atoms with Crippen molar-refractivity contribution >= 4 is 24.2 Å². The van der Waals surface area contributed by atoms with Gasteiger partial charge in [0, 0.05) is 11.1 Å². The van der Waals surface area contributed by atoms with Gasteiger partial charge in [-0.2, -0.15) is 13.2 Å². The molecule has 12 heavy (non-hydrogen) atoms. The molecule has 0 saturated heterocycles. The van der Waals surface area contributed by atoms with Gasteiger partial charge in [0.05, 0.1) is 5.02 Å². The van der Waals surface area contributed by atoms with Gasteiger partial charge in [-0.3, -0.25) is 0 Å². The zero-order chi connectivity index (χ0) is 9.35. The Morgan fingerprint density at radius 3 is 2.42 bits per heavy atom. The molecule has 0 bridgehead atoms. The highest BCUT2D eigenvalue weighted by atomic mass is 35.5. The number of hydrogen-bond donors (Lipinski definition) is 1. The Balaban J connectivity index is 3.19. The molecule has 0 atom stereocenters. The standard InChI is InChI=1S/C6H3ClF3NS/c7-4-1-3(12)2-11-5(4)6(8,9)10/h1-2,12H. The van der Waals surface area contributed by atoms with Crippen LogP contribution in [0.3, 0.4) is 0 Å². The number of alkyl halides is 3. The fourth-order valence-electron chi connectivity index (χ4n) is 0.636. The fraction of sp³-hybridized carbons (Fsp3) is 0.167. The summed E-state index contributed by atoms with van der Waals surface area (Å²) in [6.45, 7) is 0. The lowest BCUT2D eigenvalue weighted by Crippen LogP contribution is -2.08. The minimum absolute atomic E-state index is 0.299. The maximum atomic E-state index is 12.0. The Bertz CT molecular complexity index is 299. The van der Waals surface area contributed by atoms with E-state index in [9.17, 15) is 13.2 Å². The lowest BCUT2D eigenvalue weighted by Gasteiger charge is -2.06. The highest BCUT2D eigenvalue weighted by Crippen LogP contribution is 2.33. The minimum atomic E-state index is -4.50. The Labute approximate surface area is 77.0 Å². The molecule has 0 aliphatic carbocycles. The number of hydrogen-bond acceptors (Lipinski definition) is 2. The van der Waals surface area contributed by atoms with Crippen LogP contribution in [0.2, 0.25) is 5.02 Å². The van der Waals surface area contributed by atoms with Crippen LogP contribution in [0.5, 0.6) is 0 Å². The monoisotopic (exact) mass is 213 g/mol. The van der Waals surface area contributed by atoms with Crippen molar-refractivity contribution in [1.29, 1.82) is 0 Å². The smallest absolute Gasteiger partial charge is 0.249 e. The van der Waals surface area contributed by atoms with Crippen molar-refractivity contribution in [1.82, 2.24) is 4.98 Å². The van der Waals surface area contributed by atoms with E-state index >= 15 is 0 Å². The molecule has 0 spiro atoms. The number of aromatic nitrogens is 1. The van der Waals surface area contributed by atoms with Gasteiger partial charge in [0.15, 0.2) is 5.69 Å². The lowest BCUT2D eigenvalue weighted by molar-refractivity contribution is -0.141. The molecular formula is C6H3ClF3NS. The average molecular weight is 214 g/mol. The Hall–Kier alpha value is -0.420. The first-order valence-electron chi connectivity index (χ1n) is 2.83. The first kappa shape index (κ1) is 9.67. The SMILES string of the molecule is FC(F)(F)c1ncc(S)cc1Cl. The Kier molecular flexibility index (Phi) is 2.53. The van der Waals surface area contributed by atoms with Gasteiger partial charge in [-0.15, -0.1) is 12.6 Å². The van der Waals surface area contributed by atoms with Gasteiger partial charge in [-0.25, -0.2) is 4.98 Å². The predicted molar refractivity (Wildman–Crippen MR) is 41.5 cm³/mol. The van der Waals surface area contributed by atoms with Crippen molar-refractivity contribution < 1.29 is 13.2 Å². The molecule has 1 rings (SSSR count). The quantitative estimate of drug-likeness (QED) is 0.654. The number of thiol groups is 1. The van der Waals surface area contributed by atoms with Crippen LogP contribution in [0, 0.1) is 0 Å². The summed E-state index contributed by atoms with van der Waals surface area (Å²) in [5.74, 6) is 0.